The van der Waals surface area contributed by atoms with E-state index in [0.29, 0.717) is 33.3 Å². The van der Waals surface area contributed by atoms with E-state index in [0.717, 1.165) is 15.4 Å². The number of hydrogen-bond donors (Lipinski definition) is 0. The number of sulfonamides is 1. The Morgan fingerprint density at radius 2 is 1.50 bits per heavy atom. The first kappa shape index (κ1) is 24.0. The van der Waals surface area contributed by atoms with Crippen molar-refractivity contribution in [3.8, 4) is 22.8 Å². The Kier molecular flexibility index (Phi) is 6.19. The summed E-state index contributed by atoms with van der Waals surface area (Å²) in [6.45, 7) is 0.0334. The number of rotatable bonds is 7. The zero-order chi connectivity index (χ0) is 26.1. The molecule has 2 heterocycles. The lowest BCUT2D eigenvalue weighted by Crippen LogP contribution is -2.30. The molecule has 6 rings (SSSR count). The summed E-state index contributed by atoms with van der Waals surface area (Å²) in [7, 11) is -4.05. The Bertz CT molecular complexity index is 1820. The Morgan fingerprint density at radius 1 is 0.789 bits per heavy atom. The van der Waals surface area contributed by atoms with Gasteiger partial charge in [-0.2, -0.15) is 4.98 Å². The number of hydrogen-bond acceptors (Lipinski definition) is 6. The highest BCUT2D eigenvalue weighted by molar-refractivity contribution is 7.92. The smallest absolute Gasteiger partial charge is 0.313 e. The summed E-state index contributed by atoms with van der Waals surface area (Å²) in [4.78, 5) is 8.87. The van der Waals surface area contributed by atoms with Gasteiger partial charge < -0.3 is 8.83 Å². The summed E-state index contributed by atoms with van der Waals surface area (Å²) in [6.07, 6.45) is 1.65. The molecular formula is C29H20ClN3O4S. The molecule has 7 nitrogen and oxygen atoms in total. The van der Waals surface area contributed by atoms with E-state index in [4.69, 9.17) is 20.4 Å². The monoisotopic (exact) mass is 541 g/mol. The van der Waals surface area contributed by atoms with Crippen LogP contribution in [-0.2, 0) is 16.6 Å². The van der Waals surface area contributed by atoms with E-state index in [9.17, 15) is 8.42 Å². The first-order valence-electron chi connectivity index (χ1n) is 11.7. The molecule has 4 aromatic carbocycles. The van der Waals surface area contributed by atoms with Crippen LogP contribution in [0, 0.1) is 0 Å². The molecule has 0 aliphatic carbocycles. The van der Waals surface area contributed by atoms with Crippen LogP contribution in [0.15, 0.2) is 123 Å². The van der Waals surface area contributed by atoms with Gasteiger partial charge in [0.2, 0.25) is 5.89 Å². The molecule has 0 unspecified atom stereocenters. The van der Waals surface area contributed by atoms with Gasteiger partial charge in [0.25, 0.3) is 10.0 Å². The van der Waals surface area contributed by atoms with Crippen LogP contribution in [0.4, 0.5) is 6.01 Å². The summed E-state index contributed by atoms with van der Waals surface area (Å²) in [5.74, 6) is 1.02. The van der Waals surface area contributed by atoms with Crippen molar-refractivity contribution in [1.82, 2.24) is 9.97 Å². The van der Waals surface area contributed by atoms with Gasteiger partial charge in [-0.1, -0.05) is 72.3 Å². The van der Waals surface area contributed by atoms with Crippen molar-refractivity contribution in [2.45, 2.75) is 11.4 Å². The maximum atomic E-state index is 13.9. The van der Waals surface area contributed by atoms with E-state index in [1.807, 2.05) is 60.7 Å². The third-order valence-electron chi connectivity index (χ3n) is 5.97. The summed E-state index contributed by atoms with van der Waals surface area (Å²) < 4.78 is 40.7. The Morgan fingerprint density at radius 3 is 2.24 bits per heavy atom. The Labute approximate surface area is 224 Å². The molecule has 2 aromatic heterocycles. The van der Waals surface area contributed by atoms with Gasteiger partial charge >= 0.3 is 6.01 Å². The second-order valence-electron chi connectivity index (χ2n) is 8.53. The highest BCUT2D eigenvalue weighted by atomic mass is 35.5. The lowest BCUT2D eigenvalue weighted by Gasteiger charge is -2.20. The molecule has 0 amide bonds. The molecule has 0 fully saturated rings. The first-order chi connectivity index (χ1) is 18.5. The van der Waals surface area contributed by atoms with Gasteiger partial charge in [0, 0.05) is 16.1 Å². The minimum absolute atomic E-state index is 0.0334. The standard InChI is InChI=1S/C29H20ClN3O4S/c30-23-13-16-26-25(17-23)32-29(37-26)33(19-20-7-3-1-4-8-20)38(34,35)24-14-11-22(12-15-24)28-31-18-27(36-28)21-9-5-2-6-10-21/h1-18H,19H2. The molecular weight excluding hydrogens is 522 g/mol. The maximum absolute atomic E-state index is 13.9. The summed E-state index contributed by atoms with van der Waals surface area (Å²) in [6, 6.07) is 30.2. The van der Waals surface area contributed by atoms with E-state index < -0.39 is 10.0 Å². The fourth-order valence-electron chi connectivity index (χ4n) is 4.04. The summed E-state index contributed by atoms with van der Waals surface area (Å²) in [5.41, 5.74) is 3.24. The second-order valence-corrected chi connectivity index (χ2v) is 10.8. The van der Waals surface area contributed by atoms with Crippen LogP contribution >= 0.6 is 11.6 Å². The highest BCUT2D eigenvalue weighted by Crippen LogP contribution is 2.31. The predicted molar refractivity (Wildman–Crippen MR) is 146 cm³/mol. The maximum Gasteiger partial charge on any atom is 0.313 e. The summed E-state index contributed by atoms with van der Waals surface area (Å²) in [5, 5.41) is 0.479. The lowest BCUT2D eigenvalue weighted by atomic mass is 10.2. The largest absolute Gasteiger partial charge is 0.436 e. The van der Waals surface area contributed by atoms with Gasteiger partial charge in [0.05, 0.1) is 17.6 Å². The normalized spacial score (nSPS) is 11.6. The van der Waals surface area contributed by atoms with Crippen LogP contribution in [0.5, 0.6) is 0 Å². The number of aromatic nitrogens is 2. The molecule has 38 heavy (non-hydrogen) atoms. The molecule has 188 valence electrons. The van der Waals surface area contributed by atoms with Gasteiger partial charge in [0.1, 0.15) is 5.52 Å². The minimum atomic E-state index is -4.05. The molecule has 0 bridgehead atoms. The number of halogens is 1. The average molecular weight is 542 g/mol. The minimum Gasteiger partial charge on any atom is -0.436 e. The average Bonchev–Trinajstić information content (AvgIpc) is 3.60. The first-order valence-corrected chi connectivity index (χ1v) is 13.5. The lowest BCUT2D eigenvalue weighted by molar-refractivity contribution is 0.564. The molecule has 0 aliphatic heterocycles. The predicted octanol–water partition coefficient (Wildman–Crippen LogP) is 7.20. The molecule has 0 saturated carbocycles. The number of anilines is 1. The van der Waals surface area contributed by atoms with Crippen molar-refractivity contribution in [1.29, 1.82) is 0 Å². The molecule has 0 aliphatic rings. The van der Waals surface area contributed by atoms with Crippen molar-refractivity contribution in [3.63, 3.8) is 0 Å². The number of benzene rings is 4. The molecule has 6 aromatic rings. The van der Waals surface area contributed by atoms with Crippen LogP contribution in [-0.4, -0.2) is 18.4 Å². The quantitative estimate of drug-likeness (QED) is 0.212. The number of nitrogens with zero attached hydrogens (tertiary/aromatic N) is 3. The zero-order valence-corrected chi connectivity index (χ0v) is 21.4. The fourth-order valence-corrected chi connectivity index (χ4v) is 5.54. The molecule has 0 radical (unpaired) electrons. The Hall–Kier alpha value is -4.40. The van der Waals surface area contributed by atoms with Crippen LogP contribution in [0.25, 0.3) is 33.9 Å². The zero-order valence-electron chi connectivity index (χ0n) is 19.9. The van der Waals surface area contributed by atoms with Crippen LogP contribution in [0.2, 0.25) is 5.02 Å². The van der Waals surface area contributed by atoms with Gasteiger partial charge in [-0.05, 0) is 48.0 Å². The number of fused-ring (bicyclic) bond motifs is 1. The van der Waals surface area contributed by atoms with Crippen molar-refractivity contribution >= 4 is 38.7 Å². The second kappa shape index (κ2) is 9.81. The van der Waals surface area contributed by atoms with Crippen LogP contribution < -0.4 is 4.31 Å². The van der Waals surface area contributed by atoms with Crippen LogP contribution in [0.3, 0.4) is 0 Å². The highest BCUT2D eigenvalue weighted by Gasteiger charge is 2.29. The molecule has 0 atom stereocenters. The molecule has 0 N–H and O–H groups in total. The van der Waals surface area contributed by atoms with E-state index in [1.54, 1.807) is 36.5 Å². The van der Waals surface area contributed by atoms with Crippen molar-refractivity contribution in [2.75, 3.05) is 4.31 Å². The summed E-state index contributed by atoms with van der Waals surface area (Å²) >= 11 is 6.10. The SMILES string of the molecule is O=S(=O)(c1ccc(-c2ncc(-c3ccccc3)o2)cc1)N(Cc1ccccc1)c1nc2cc(Cl)ccc2o1. The fraction of sp³-hybridized carbons (Fsp3) is 0.0345. The van der Waals surface area contributed by atoms with E-state index >= 15 is 0 Å². The van der Waals surface area contributed by atoms with E-state index in [1.165, 1.54) is 12.1 Å². The topological polar surface area (TPSA) is 89.4 Å². The van der Waals surface area contributed by atoms with E-state index in [2.05, 4.69) is 9.97 Å². The van der Waals surface area contributed by atoms with Crippen molar-refractivity contribution in [2.24, 2.45) is 0 Å². The van der Waals surface area contributed by atoms with E-state index in [-0.39, 0.29) is 17.5 Å². The molecule has 0 saturated heterocycles. The van der Waals surface area contributed by atoms with Gasteiger partial charge in [0.15, 0.2) is 11.3 Å². The Balaban J connectivity index is 1.35. The third kappa shape index (κ3) is 4.67. The molecule has 9 heteroatoms. The third-order valence-corrected chi connectivity index (χ3v) is 7.94. The van der Waals surface area contributed by atoms with Crippen molar-refractivity contribution < 1.29 is 17.3 Å². The van der Waals surface area contributed by atoms with Gasteiger partial charge in [-0.15, -0.1) is 0 Å². The molecule has 0 spiro atoms. The number of oxazole rings is 2. The van der Waals surface area contributed by atoms with Gasteiger partial charge in [-0.25, -0.2) is 17.7 Å². The van der Waals surface area contributed by atoms with Crippen LogP contribution in [0.1, 0.15) is 5.56 Å². The van der Waals surface area contributed by atoms with Gasteiger partial charge in [-0.3, -0.25) is 0 Å². The van der Waals surface area contributed by atoms with Crippen molar-refractivity contribution in [3.05, 3.63) is 120 Å².